The molecule has 1 aromatic rings. The lowest BCUT2D eigenvalue weighted by molar-refractivity contribution is -0.132. The Morgan fingerprint density at radius 1 is 1.12 bits per heavy atom. The van der Waals surface area contributed by atoms with Gasteiger partial charge >= 0.3 is 0 Å². The number of rotatable bonds is 5. The summed E-state index contributed by atoms with van der Waals surface area (Å²) in [6.45, 7) is 0. The van der Waals surface area contributed by atoms with Crippen molar-refractivity contribution in [2.24, 2.45) is 0 Å². The minimum Gasteiger partial charge on any atom is -0.352 e. The van der Waals surface area contributed by atoms with Crippen molar-refractivity contribution in [1.29, 1.82) is 0 Å². The predicted octanol–water partition coefficient (Wildman–Crippen LogP) is 3.23. The fourth-order valence-electron chi connectivity index (χ4n) is 4.27. The standard InChI is InChI=1S/C21H29ClN2O2/c1-24(19-10-8-18(9-11-19)23-20(25)14-22)21(26)13-15-6-7-16-4-2-3-5-17(16)12-15/h6-7,12,18-19H,2-5,8-11,13-14H2,1H3,(H,23,25). The number of nitrogens with zero attached hydrogens (tertiary/aromatic N) is 1. The molecular weight excluding hydrogens is 348 g/mol. The first-order valence-electron chi connectivity index (χ1n) is 9.78. The number of carbonyl (C=O) groups excluding carboxylic acids is 2. The average Bonchev–Trinajstić information content (AvgIpc) is 2.67. The highest BCUT2D eigenvalue weighted by Gasteiger charge is 2.27. The summed E-state index contributed by atoms with van der Waals surface area (Å²) in [5, 5.41) is 2.95. The summed E-state index contributed by atoms with van der Waals surface area (Å²) in [5.41, 5.74) is 4.02. The Morgan fingerprint density at radius 3 is 2.50 bits per heavy atom. The first kappa shape index (κ1) is 19.2. The molecule has 3 rings (SSSR count). The van der Waals surface area contributed by atoms with E-state index in [9.17, 15) is 9.59 Å². The number of benzene rings is 1. The maximum atomic E-state index is 12.7. The molecule has 0 spiro atoms. The third-order valence-electron chi connectivity index (χ3n) is 5.89. The molecule has 0 heterocycles. The molecule has 1 aromatic carbocycles. The van der Waals surface area contributed by atoms with Crippen LogP contribution in [0.2, 0.25) is 0 Å². The number of nitrogens with one attached hydrogen (secondary N) is 1. The number of halogens is 1. The van der Waals surface area contributed by atoms with Crippen LogP contribution in [0.25, 0.3) is 0 Å². The smallest absolute Gasteiger partial charge is 0.235 e. The third-order valence-corrected chi connectivity index (χ3v) is 6.14. The molecule has 0 unspecified atom stereocenters. The first-order chi connectivity index (χ1) is 12.6. The van der Waals surface area contributed by atoms with Crippen molar-refractivity contribution in [3.05, 3.63) is 34.9 Å². The molecule has 1 saturated carbocycles. The van der Waals surface area contributed by atoms with Gasteiger partial charge in [-0.15, -0.1) is 11.6 Å². The van der Waals surface area contributed by atoms with Crippen molar-refractivity contribution in [1.82, 2.24) is 10.2 Å². The van der Waals surface area contributed by atoms with Crippen molar-refractivity contribution in [2.75, 3.05) is 12.9 Å². The molecule has 2 aliphatic rings. The summed E-state index contributed by atoms with van der Waals surface area (Å²) in [6.07, 6.45) is 9.01. The van der Waals surface area contributed by atoms with Gasteiger partial charge in [0.1, 0.15) is 5.88 Å². The van der Waals surface area contributed by atoms with E-state index in [0.29, 0.717) is 6.42 Å². The minimum atomic E-state index is -0.105. The highest BCUT2D eigenvalue weighted by atomic mass is 35.5. The van der Waals surface area contributed by atoms with E-state index in [1.165, 1.54) is 30.4 Å². The second kappa shape index (κ2) is 8.90. The van der Waals surface area contributed by atoms with Crippen LogP contribution in [0.5, 0.6) is 0 Å². The van der Waals surface area contributed by atoms with Gasteiger partial charge in [0.25, 0.3) is 0 Å². The van der Waals surface area contributed by atoms with Gasteiger partial charge < -0.3 is 10.2 Å². The predicted molar refractivity (Wildman–Crippen MR) is 104 cm³/mol. The SMILES string of the molecule is CN(C(=O)Cc1ccc2c(c1)CCCC2)C1CCC(NC(=O)CCl)CC1. The monoisotopic (exact) mass is 376 g/mol. The molecule has 0 saturated heterocycles. The Balaban J connectivity index is 1.51. The molecular formula is C21H29ClN2O2. The Bertz CT molecular complexity index is 653. The Kier molecular flexibility index (Phi) is 6.58. The van der Waals surface area contributed by atoms with E-state index >= 15 is 0 Å². The molecule has 0 aromatic heterocycles. The van der Waals surface area contributed by atoms with Crippen molar-refractivity contribution in [3.63, 3.8) is 0 Å². The summed E-state index contributed by atoms with van der Waals surface area (Å²) >= 11 is 5.55. The zero-order valence-electron chi connectivity index (χ0n) is 15.6. The molecule has 1 fully saturated rings. The zero-order chi connectivity index (χ0) is 18.5. The number of alkyl halides is 1. The van der Waals surface area contributed by atoms with Gasteiger partial charge in [-0.25, -0.2) is 0 Å². The molecule has 1 N–H and O–H groups in total. The van der Waals surface area contributed by atoms with Gasteiger partial charge in [0.15, 0.2) is 0 Å². The lowest BCUT2D eigenvalue weighted by Gasteiger charge is -2.35. The van der Waals surface area contributed by atoms with Gasteiger partial charge in [-0.2, -0.15) is 0 Å². The average molecular weight is 377 g/mol. The van der Waals surface area contributed by atoms with Crippen LogP contribution in [0.3, 0.4) is 0 Å². The summed E-state index contributed by atoms with van der Waals surface area (Å²) in [5.74, 6) is 0.0972. The number of carbonyl (C=O) groups is 2. The van der Waals surface area contributed by atoms with E-state index < -0.39 is 0 Å². The van der Waals surface area contributed by atoms with Crippen LogP contribution in [0, 0.1) is 0 Å². The van der Waals surface area contributed by atoms with Gasteiger partial charge in [0.05, 0.1) is 6.42 Å². The zero-order valence-corrected chi connectivity index (χ0v) is 16.4. The number of hydrogen-bond acceptors (Lipinski definition) is 2. The number of hydrogen-bond donors (Lipinski definition) is 1. The van der Waals surface area contributed by atoms with E-state index in [2.05, 4.69) is 23.5 Å². The van der Waals surface area contributed by atoms with E-state index in [1.807, 2.05) is 11.9 Å². The van der Waals surface area contributed by atoms with Gasteiger partial charge in [0.2, 0.25) is 11.8 Å². The Morgan fingerprint density at radius 2 is 1.81 bits per heavy atom. The largest absolute Gasteiger partial charge is 0.352 e. The lowest BCUT2D eigenvalue weighted by Crippen LogP contribution is -2.45. The molecule has 2 amide bonds. The second-order valence-corrected chi connectivity index (χ2v) is 7.97. The van der Waals surface area contributed by atoms with Crippen LogP contribution < -0.4 is 5.32 Å². The van der Waals surface area contributed by atoms with E-state index in [0.717, 1.165) is 37.7 Å². The van der Waals surface area contributed by atoms with Crippen LogP contribution in [-0.4, -0.2) is 41.7 Å². The van der Waals surface area contributed by atoms with Crippen molar-refractivity contribution < 1.29 is 9.59 Å². The molecule has 142 valence electrons. The Hall–Kier alpha value is -1.55. The molecule has 4 nitrogen and oxygen atoms in total. The van der Waals surface area contributed by atoms with Crippen LogP contribution >= 0.6 is 11.6 Å². The summed E-state index contributed by atoms with van der Waals surface area (Å²) < 4.78 is 0. The summed E-state index contributed by atoms with van der Waals surface area (Å²) in [4.78, 5) is 26.0. The number of aryl methyl sites for hydroxylation is 2. The van der Waals surface area contributed by atoms with Gasteiger partial charge in [0, 0.05) is 19.1 Å². The van der Waals surface area contributed by atoms with E-state index in [1.54, 1.807) is 0 Å². The maximum Gasteiger partial charge on any atom is 0.235 e. The quantitative estimate of drug-likeness (QED) is 0.802. The topological polar surface area (TPSA) is 49.4 Å². The van der Waals surface area contributed by atoms with Gasteiger partial charge in [-0.1, -0.05) is 18.2 Å². The van der Waals surface area contributed by atoms with Gasteiger partial charge in [-0.05, 0) is 68.1 Å². The molecule has 0 atom stereocenters. The second-order valence-electron chi connectivity index (χ2n) is 7.70. The van der Waals surface area contributed by atoms with Crippen LogP contribution in [0.15, 0.2) is 18.2 Å². The maximum absolute atomic E-state index is 12.7. The lowest BCUT2D eigenvalue weighted by atomic mass is 9.89. The van der Waals surface area contributed by atoms with Crippen molar-refractivity contribution >= 4 is 23.4 Å². The minimum absolute atomic E-state index is 0.0130. The number of likely N-dealkylation sites (N-methyl/N-ethyl adjacent to an activating group) is 1. The van der Waals surface area contributed by atoms with Gasteiger partial charge in [-0.3, -0.25) is 9.59 Å². The van der Waals surface area contributed by atoms with E-state index in [4.69, 9.17) is 11.6 Å². The molecule has 0 bridgehead atoms. The normalized spacial score (nSPS) is 22.4. The van der Waals surface area contributed by atoms with Crippen LogP contribution in [-0.2, 0) is 28.9 Å². The molecule has 0 aliphatic heterocycles. The third kappa shape index (κ3) is 4.79. The summed E-state index contributed by atoms with van der Waals surface area (Å²) in [7, 11) is 1.92. The van der Waals surface area contributed by atoms with E-state index in [-0.39, 0.29) is 29.8 Å². The van der Waals surface area contributed by atoms with Crippen molar-refractivity contribution in [3.8, 4) is 0 Å². The fourth-order valence-corrected chi connectivity index (χ4v) is 4.35. The highest BCUT2D eigenvalue weighted by Crippen LogP contribution is 2.25. The molecule has 0 radical (unpaired) electrons. The molecule has 5 heteroatoms. The van der Waals surface area contributed by atoms with Crippen molar-refractivity contribution in [2.45, 2.75) is 69.9 Å². The fraction of sp³-hybridized carbons (Fsp3) is 0.619. The van der Waals surface area contributed by atoms with Crippen LogP contribution in [0.4, 0.5) is 0 Å². The Labute approximate surface area is 161 Å². The summed E-state index contributed by atoms with van der Waals surface area (Å²) in [6, 6.07) is 7.03. The number of fused-ring (bicyclic) bond motifs is 1. The molecule has 2 aliphatic carbocycles. The highest BCUT2D eigenvalue weighted by molar-refractivity contribution is 6.27. The first-order valence-corrected chi connectivity index (χ1v) is 10.3. The number of amides is 2. The van der Waals surface area contributed by atoms with Crippen LogP contribution in [0.1, 0.15) is 55.2 Å². The molecule has 26 heavy (non-hydrogen) atoms.